The summed E-state index contributed by atoms with van der Waals surface area (Å²) in [6.07, 6.45) is 3.09. The molecule has 1 aliphatic rings. The number of benzene rings is 2. The van der Waals surface area contributed by atoms with Crippen molar-refractivity contribution < 1.29 is 74.9 Å². The molecule has 0 saturated carbocycles. The van der Waals surface area contributed by atoms with E-state index in [2.05, 4.69) is 42.5 Å². The fourth-order valence-electron chi connectivity index (χ4n) is 2.94. The molecule has 0 fully saturated rings. The summed E-state index contributed by atoms with van der Waals surface area (Å²) in [5.41, 5.74) is 6.57. The van der Waals surface area contributed by atoms with E-state index in [4.69, 9.17) is 4.55 Å². The fraction of sp³-hybridized carbons (Fsp3) is 0.294. The molecule has 0 aromatic heterocycles. The monoisotopic (exact) mass is 350 g/mol. The average Bonchev–Trinajstić information content (AvgIpc) is 2.81. The molecule has 0 aliphatic heterocycles. The third-order valence-corrected chi connectivity index (χ3v) is 4.79. The fourth-order valence-corrected chi connectivity index (χ4v) is 3.51. The van der Waals surface area contributed by atoms with Gasteiger partial charge in [-0.25, -0.2) is 0 Å². The smallest absolute Gasteiger partial charge is 1.00 e. The number of aryl methyl sites for hydroxylation is 1. The van der Waals surface area contributed by atoms with Crippen LogP contribution < -0.4 is 59.1 Å². The Morgan fingerprint density at radius 3 is 2.39 bits per heavy atom. The van der Waals surface area contributed by atoms with Crippen LogP contribution in [0, 0.1) is 0 Å². The van der Waals surface area contributed by atoms with Gasteiger partial charge in [-0.1, -0.05) is 42.5 Å². The maximum atomic E-state index is 10.7. The summed E-state index contributed by atoms with van der Waals surface area (Å²) in [5.74, 6) is -0.152. The summed E-state index contributed by atoms with van der Waals surface area (Å²) >= 11 is 0. The minimum atomic E-state index is -3.83. The van der Waals surface area contributed by atoms with E-state index in [0.717, 1.165) is 19.3 Å². The summed E-state index contributed by atoms with van der Waals surface area (Å²) in [5, 5.41) is 0. The summed E-state index contributed by atoms with van der Waals surface area (Å²) in [7, 11) is -3.83. The van der Waals surface area contributed by atoms with Crippen LogP contribution in [-0.2, 0) is 23.0 Å². The number of hydrogen-bond acceptors (Lipinski definition) is 2. The molecular formula is C17H20Na2O3S. The van der Waals surface area contributed by atoms with E-state index in [1.165, 1.54) is 27.8 Å². The normalized spacial score (nSPS) is 11.9. The van der Waals surface area contributed by atoms with Gasteiger partial charge >= 0.3 is 59.1 Å². The molecule has 0 bridgehead atoms. The first-order valence-corrected chi connectivity index (χ1v) is 8.79. The van der Waals surface area contributed by atoms with Gasteiger partial charge in [0.05, 0.1) is 5.75 Å². The molecule has 0 saturated heterocycles. The first-order chi connectivity index (χ1) is 10.0. The van der Waals surface area contributed by atoms with Gasteiger partial charge in [-0.05, 0) is 53.5 Å². The SMILES string of the molecule is O=S(=O)(O)CCCCc1ccc2c(c1)-c1ccccc1C2.[H-].[H-].[Na+].[Na+]. The number of hydrogen-bond donors (Lipinski definition) is 1. The molecule has 3 nitrogen and oxygen atoms in total. The predicted octanol–water partition coefficient (Wildman–Crippen LogP) is -2.30. The minimum absolute atomic E-state index is 0. The Bertz CT molecular complexity index is 783. The van der Waals surface area contributed by atoms with Crippen LogP contribution in [-0.4, -0.2) is 18.7 Å². The zero-order chi connectivity index (χ0) is 14.9. The van der Waals surface area contributed by atoms with Crippen LogP contribution in [0.1, 0.15) is 32.4 Å². The molecule has 0 unspecified atom stereocenters. The van der Waals surface area contributed by atoms with Crippen LogP contribution in [0.15, 0.2) is 42.5 Å². The zero-order valence-corrected chi connectivity index (χ0v) is 18.6. The maximum Gasteiger partial charge on any atom is 1.00 e. The molecule has 1 N–H and O–H groups in total. The van der Waals surface area contributed by atoms with Gasteiger partial charge in [-0.15, -0.1) is 0 Å². The van der Waals surface area contributed by atoms with Crippen molar-refractivity contribution in [1.29, 1.82) is 0 Å². The average molecular weight is 350 g/mol. The van der Waals surface area contributed by atoms with Crippen molar-refractivity contribution in [1.82, 2.24) is 0 Å². The van der Waals surface area contributed by atoms with Crippen molar-refractivity contribution in [3.63, 3.8) is 0 Å². The largest absolute Gasteiger partial charge is 1.00 e. The number of unbranched alkanes of at least 4 members (excludes halogenated alkanes) is 1. The zero-order valence-electron chi connectivity index (χ0n) is 15.7. The van der Waals surface area contributed by atoms with E-state index in [-0.39, 0.29) is 67.7 Å². The first-order valence-electron chi connectivity index (χ1n) is 7.18. The van der Waals surface area contributed by atoms with E-state index in [1.54, 1.807) is 0 Å². The molecule has 6 heteroatoms. The summed E-state index contributed by atoms with van der Waals surface area (Å²) in [6, 6.07) is 15.0. The molecule has 2 aromatic rings. The molecule has 0 amide bonds. The van der Waals surface area contributed by atoms with E-state index in [0.29, 0.717) is 6.42 Å². The molecule has 0 radical (unpaired) electrons. The molecule has 114 valence electrons. The Labute approximate surface area is 185 Å². The molecule has 0 atom stereocenters. The van der Waals surface area contributed by atoms with Crippen LogP contribution in [0.4, 0.5) is 0 Å². The first kappa shape index (κ1) is 21.4. The third-order valence-electron chi connectivity index (χ3n) is 3.98. The van der Waals surface area contributed by atoms with Gasteiger partial charge < -0.3 is 2.85 Å². The van der Waals surface area contributed by atoms with Gasteiger partial charge in [-0.2, -0.15) is 8.42 Å². The summed E-state index contributed by atoms with van der Waals surface area (Å²) in [6.45, 7) is 0. The standard InChI is InChI=1S/C17H18O3S.2Na.2H/c18-21(19,20)10-4-3-5-13-8-9-15-12-14-6-1-2-7-16(14)17(15)11-13;;;;/h1-2,6-9,11H,3-5,10,12H2,(H,18,19,20);;;;/q;2*+1;2*-1. The van der Waals surface area contributed by atoms with Crippen molar-refractivity contribution in [2.75, 3.05) is 5.75 Å². The Kier molecular flexibility index (Phi) is 8.52. The second kappa shape index (κ2) is 9.16. The van der Waals surface area contributed by atoms with Crippen molar-refractivity contribution in [3.05, 3.63) is 59.2 Å². The molecule has 0 heterocycles. The van der Waals surface area contributed by atoms with Crippen LogP contribution in [0.25, 0.3) is 11.1 Å². The Morgan fingerprint density at radius 1 is 0.957 bits per heavy atom. The van der Waals surface area contributed by atoms with Gasteiger partial charge in [0.2, 0.25) is 0 Å². The molecule has 0 spiro atoms. The third kappa shape index (κ3) is 5.68. The van der Waals surface area contributed by atoms with Crippen molar-refractivity contribution in [2.24, 2.45) is 0 Å². The van der Waals surface area contributed by atoms with Crippen LogP contribution in [0.5, 0.6) is 0 Å². The molecule has 2 aromatic carbocycles. The van der Waals surface area contributed by atoms with Gasteiger partial charge in [0.25, 0.3) is 10.1 Å². The maximum absolute atomic E-state index is 10.7. The molecule has 1 aliphatic carbocycles. The van der Waals surface area contributed by atoms with Gasteiger partial charge in [0, 0.05) is 0 Å². The van der Waals surface area contributed by atoms with Crippen LogP contribution >= 0.6 is 0 Å². The summed E-state index contributed by atoms with van der Waals surface area (Å²) < 4.78 is 30.1. The molecule has 3 rings (SSSR count). The van der Waals surface area contributed by atoms with Crippen molar-refractivity contribution >= 4 is 10.1 Å². The van der Waals surface area contributed by atoms with Crippen molar-refractivity contribution in [2.45, 2.75) is 25.7 Å². The van der Waals surface area contributed by atoms with Gasteiger partial charge in [-0.3, -0.25) is 4.55 Å². The van der Waals surface area contributed by atoms with Gasteiger partial charge in [0.1, 0.15) is 0 Å². The summed E-state index contributed by atoms with van der Waals surface area (Å²) in [4.78, 5) is 0. The predicted molar refractivity (Wildman–Crippen MR) is 86.3 cm³/mol. The molecular weight excluding hydrogens is 330 g/mol. The van der Waals surface area contributed by atoms with E-state index in [1.807, 2.05) is 0 Å². The Morgan fingerprint density at radius 2 is 1.65 bits per heavy atom. The molecule has 23 heavy (non-hydrogen) atoms. The quantitative estimate of drug-likeness (QED) is 0.320. The van der Waals surface area contributed by atoms with Crippen LogP contribution in [0.3, 0.4) is 0 Å². The minimum Gasteiger partial charge on any atom is -1.00 e. The van der Waals surface area contributed by atoms with E-state index in [9.17, 15) is 8.42 Å². The number of rotatable bonds is 5. The van der Waals surface area contributed by atoms with E-state index >= 15 is 0 Å². The van der Waals surface area contributed by atoms with E-state index < -0.39 is 10.1 Å². The Hall–Kier alpha value is 0.350. The van der Waals surface area contributed by atoms with Gasteiger partial charge in [0.15, 0.2) is 0 Å². The second-order valence-electron chi connectivity index (χ2n) is 5.57. The van der Waals surface area contributed by atoms with Crippen LogP contribution in [0.2, 0.25) is 0 Å². The number of fused-ring (bicyclic) bond motifs is 3. The second-order valence-corrected chi connectivity index (χ2v) is 7.14. The topological polar surface area (TPSA) is 54.4 Å². The Balaban J connectivity index is 0. The van der Waals surface area contributed by atoms with Crippen molar-refractivity contribution in [3.8, 4) is 11.1 Å².